The van der Waals surface area contributed by atoms with E-state index in [1.165, 1.54) is 0 Å². The molecule has 28 heavy (non-hydrogen) atoms. The summed E-state index contributed by atoms with van der Waals surface area (Å²) < 4.78 is 48.1. The van der Waals surface area contributed by atoms with Crippen molar-refractivity contribution in [2.45, 2.75) is 40.0 Å². The Morgan fingerprint density at radius 2 is 0.964 bits per heavy atom. The predicted octanol–water partition coefficient (Wildman–Crippen LogP) is 6.37. The minimum atomic E-state index is -3.31. The lowest BCUT2D eigenvalue weighted by Gasteiger charge is -2.22. The van der Waals surface area contributed by atoms with E-state index in [1.807, 2.05) is 36.4 Å². The van der Waals surface area contributed by atoms with Gasteiger partial charge in [0, 0.05) is 0 Å². The highest BCUT2D eigenvalue weighted by Gasteiger charge is 2.30. The molecular weight excluding hydrogens is 398 g/mol. The van der Waals surface area contributed by atoms with Crippen LogP contribution in [0.2, 0.25) is 0 Å². The highest BCUT2D eigenvalue weighted by molar-refractivity contribution is 7.53. The van der Waals surface area contributed by atoms with Crippen molar-refractivity contribution >= 4 is 26.0 Å². The van der Waals surface area contributed by atoms with Crippen molar-refractivity contribution in [3.63, 3.8) is 0 Å². The average Bonchev–Trinajstić information content (AvgIpc) is 2.62. The van der Waals surface area contributed by atoms with Gasteiger partial charge in [-0.15, -0.1) is 0 Å². The largest absolute Gasteiger partial charge is 0.335 e. The van der Waals surface area contributed by atoms with Crippen LogP contribution < -0.4 is 0 Å². The Bertz CT molecular complexity index is 776. The zero-order valence-electron chi connectivity index (χ0n) is 17.1. The molecule has 2 aromatic rings. The van der Waals surface area contributed by atoms with Crippen molar-refractivity contribution in [2.24, 2.45) is 0 Å². The fourth-order valence-electron chi connectivity index (χ4n) is 3.09. The summed E-state index contributed by atoms with van der Waals surface area (Å²) in [5.74, 6) is 0. The summed E-state index contributed by atoms with van der Waals surface area (Å²) >= 11 is 0. The Hall–Kier alpha value is -1.00. The SMILES string of the molecule is CCOP(=O)(Cc1cc2ccccc2cc1CP(=O)(OCC)OCC)OCC. The van der Waals surface area contributed by atoms with Crippen molar-refractivity contribution in [1.82, 2.24) is 0 Å². The van der Waals surface area contributed by atoms with E-state index in [1.54, 1.807) is 27.7 Å². The molecule has 0 aliphatic carbocycles. The van der Waals surface area contributed by atoms with Gasteiger partial charge in [0.25, 0.3) is 0 Å². The molecular formula is C20H30O6P2. The second kappa shape index (κ2) is 10.7. The third kappa shape index (κ3) is 6.25. The van der Waals surface area contributed by atoms with Crippen LogP contribution >= 0.6 is 15.2 Å². The molecule has 0 saturated carbocycles. The van der Waals surface area contributed by atoms with Gasteiger partial charge >= 0.3 is 15.2 Å². The lowest BCUT2D eigenvalue weighted by Crippen LogP contribution is -2.04. The average molecular weight is 428 g/mol. The second-order valence-corrected chi connectivity index (χ2v) is 10.3. The van der Waals surface area contributed by atoms with Gasteiger partial charge in [0.15, 0.2) is 0 Å². The summed E-state index contributed by atoms with van der Waals surface area (Å²) in [5.41, 5.74) is 1.53. The fraction of sp³-hybridized carbons (Fsp3) is 0.500. The fourth-order valence-corrected chi connectivity index (χ4v) is 6.60. The van der Waals surface area contributed by atoms with Gasteiger partial charge in [-0.3, -0.25) is 9.13 Å². The minimum absolute atomic E-state index is 0.104. The standard InChI is InChI=1S/C20H30O6P2/c1-5-23-27(21,24-6-2)15-19-13-17-11-9-10-12-18(17)14-20(19)16-28(22,25-7-3)26-8-4/h9-14H,5-8,15-16H2,1-4H3. The lowest BCUT2D eigenvalue weighted by molar-refractivity contribution is 0.217. The van der Waals surface area contributed by atoms with Crippen molar-refractivity contribution in [3.05, 3.63) is 47.5 Å². The molecule has 6 nitrogen and oxygen atoms in total. The number of hydrogen-bond acceptors (Lipinski definition) is 6. The summed E-state index contributed by atoms with van der Waals surface area (Å²) in [6.07, 6.45) is 0.209. The third-order valence-electron chi connectivity index (χ3n) is 4.10. The van der Waals surface area contributed by atoms with Crippen LogP contribution in [-0.4, -0.2) is 26.4 Å². The van der Waals surface area contributed by atoms with E-state index in [-0.39, 0.29) is 38.8 Å². The smallest absolute Gasteiger partial charge is 0.309 e. The van der Waals surface area contributed by atoms with Crippen LogP contribution in [-0.2, 0) is 39.5 Å². The number of hydrogen-bond donors (Lipinski definition) is 0. The van der Waals surface area contributed by atoms with Crippen molar-refractivity contribution < 1.29 is 27.2 Å². The van der Waals surface area contributed by atoms with Crippen LogP contribution in [0, 0.1) is 0 Å². The van der Waals surface area contributed by atoms with E-state index in [0.717, 1.165) is 21.9 Å². The molecule has 0 aromatic heterocycles. The van der Waals surface area contributed by atoms with Gasteiger partial charge < -0.3 is 18.1 Å². The molecule has 0 atom stereocenters. The van der Waals surface area contributed by atoms with Crippen molar-refractivity contribution in [3.8, 4) is 0 Å². The summed E-state index contributed by atoms with van der Waals surface area (Å²) in [5, 5.41) is 2.01. The molecule has 156 valence electrons. The zero-order valence-corrected chi connectivity index (χ0v) is 18.8. The molecule has 0 aliphatic heterocycles. The molecule has 0 spiro atoms. The Labute approximate surface area is 167 Å². The minimum Gasteiger partial charge on any atom is -0.309 e. The summed E-state index contributed by atoms with van der Waals surface area (Å²) in [6.45, 7) is 8.29. The number of rotatable bonds is 12. The highest BCUT2D eigenvalue weighted by atomic mass is 31.2. The Balaban J connectivity index is 2.51. The van der Waals surface area contributed by atoms with Crippen molar-refractivity contribution in [1.29, 1.82) is 0 Å². The van der Waals surface area contributed by atoms with Crippen LogP contribution in [0.5, 0.6) is 0 Å². The summed E-state index contributed by atoms with van der Waals surface area (Å²) in [7, 11) is -6.63. The molecule has 0 N–H and O–H groups in total. The highest BCUT2D eigenvalue weighted by Crippen LogP contribution is 2.55. The van der Waals surface area contributed by atoms with Crippen molar-refractivity contribution in [2.75, 3.05) is 26.4 Å². The van der Waals surface area contributed by atoms with E-state index >= 15 is 0 Å². The van der Waals surface area contributed by atoms with Gasteiger partial charge in [-0.25, -0.2) is 0 Å². The maximum atomic E-state index is 13.1. The van der Waals surface area contributed by atoms with Crippen LogP contribution in [0.4, 0.5) is 0 Å². The first-order valence-corrected chi connectivity index (χ1v) is 13.1. The molecule has 0 aliphatic rings. The molecule has 0 unspecified atom stereocenters. The molecule has 2 rings (SSSR count). The first-order valence-electron chi connectivity index (χ1n) is 9.65. The van der Waals surface area contributed by atoms with E-state index in [9.17, 15) is 9.13 Å². The van der Waals surface area contributed by atoms with Crippen LogP contribution in [0.15, 0.2) is 36.4 Å². The molecule has 2 aromatic carbocycles. The quantitative estimate of drug-likeness (QED) is 0.366. The van der Waals surface area contributed by atoms with Gasteiger partial charge in [-0.2, -0.15) is 0 Å². The normalized spacial score (nSPS) is 12.6. The monoisotopic (exact) mass is 428 g/mol. The van der Waals surface area contributed by atoms with E-state index < -0.39 is 15.2 Å². The van der Waals surface area contributed by atoms with Crippen LogP contribution in [0.1, 0.15) is 38.8 Å². The van der Waals surface area contributed by atoms with Gasteiger partial charge in [-0.1, -0.05) is 36.4 Å². The summed E-state index contributed by atoms with van der Waals surface area (Å²) in [6, 6.07) is 11.8. The molecule has 0 heterocycles. The molecule has 0 saturated heterocycles. The van der Waals surface area contributed by atoms with Crippen LogP contribution in [0.3, 0.4) is 0 Å². The molecule has 0 amide bonds. The Morgan fingerprint density at radius 3 is 1.25 bits per heavy atom. The maximum absolute atomic E-state index is 13.1. The second-order valence-electron chi connectivity index (χ2n) is 6.18. The number of fused-ring (bicyclic) bond motifs is 1. The van der Waals surface area contributed by atoms with Gasteiger partial charge in [0.2, 0.25) is 0 Å². The van der Waals surface area contributed by atoms with Gasteiger partial charge in [0.05, 0.1) is 38.8 Å². The lowest BCUT2D eigenvalue weighted by atomic mass is 10.0. The Kier molecular flexibility index (Phi) is 8.88. The maximum Gasteiger partial charge on any atom is 0.335 e. The van der Waals surface area contributed by atoms with Crippen LogP contribution in [0.25, 0.3) is 10.8 Å². The number of benzene rings is 2. The van der Waals surface area contributed by atoms with E-state index in [0.29, 0.717) is 0 Å². The van der Waals surface area contributed by atoms with Gasteiger partial charge in [-0.05, 0) is 49.6 Å². The van der Waals surface area contributed by atoms with Gasteiger partial charge in [0.1, 0.15) is 0 Å². The van der Waals surface area contributed by atoms with E-state index in [2.05, 4.69) is 0 Å². The zero-order chi connectivity index (χ0) is 20.6. The first kappa shape index (κ1) is 23.3. The Morgan fingerprint density at radius 1 is 0.643 bits per heavy atom. The first-order chi connectivity index (χ1) is 13.4. The summed E-state index contributed by atoms with van der Waals surface area (Å²) in [4.78, 5) is 0. The third-order valence-corrected chi connectivity index (χ3v) is 8.16. The molecule has 8 heteroatoms. The molecule has 0 bridgehead atoms. The molecule has 0 fully saturated rings. The molecule has 0 radical (unpaired) electrons. The van der Waals surface area contributed by atoms with E-state index in [4.69, 9.17) is 18.1 Å². The predicted molar refractivity (Wildman–Crippen MR) is 113 cm³/mol. The topological polar surface area (TPSA) is 71.1 Å².